The molecule has 25 heavy (non-hydrogen) atoms. The Kier molecular flexibility index (Phi) is 4.34. The molecular formula is C22H26N2O. The maximum absolute atomic E-state index is 11.7. The van der Waals surface area contributed by atoms with Crippen molar-refractivity contribution in [2.45, 2.75) is 44.8 Å². The van der Waals surface area contributed by atoms with E-state index >= 15 is 0 Å². The summed E-state index contributed by atoms with van der Waals surface area (Å²) in [5, 5.41) is 11.7. The predicted molar refractivity (Wildman–Crippen MR) is 102 cm³/mol. The highest BCUT2D eigenvalue weighted by Gasteiger charge is 2.49. The molecule has 4 rings (SSSR count). The van der Waals surface area contributed by atoms with Crippen LogP contribution in [0.1, 0.15) is 54.9 Å². The van der Waals surface area contributed by atoms with Gasteiger partial charge in [0.1, 0.15) is 5.84 Å². The van der Waals surface area contributed by atoms with E-state index in [4.69, 9.17) is 0 Å². The Morgan fingerprint density at radius 1 is 1.04 bits per heavy atom. The number of aryl methyl sites for hydroxylation is 1. The van der Waals surface area contributed by atoms with Gasteiger partial charge in [-0.05, 0) is 18.4 Å². The third kappa shape index (κ3) is 2.67. The standard InChI is InChI=1S/C22H26N2O/c1-2-3-4-5-8-17-11-13-18(14-12-17)22(25)20-10-7-6-9-19(20)21-23-15-16-24(21)22/h6-7,9-14,25H,2-5,8,15-16H2,1H3. The van der Waals surface area contributed by atoms with Gasteiger partial charge in [-0.15, -0.1) is 0 Å². The molecule has 2 aromatic rings. The van der Waals surface area contributed by atoms with Gasteiger partial charge in [-0.3, -0.25) is 4.99 Å². The van der Waals surface area contributed by atoms with Crippen molar-refractivity contribution in [3.63, 3.8) is 0 Å². The maximum Gasteiger partial charge on any atom is 0.193 e. The second-order valence-electron chi connectivity index (χ2n) is 7.08. The number of aliphatic imine (C=N–C) groups is 1. The first-order valence-electron chi connectivity index (χ1n) is 9.49. The van der Waals surface area contributed by atoms with Crippen molar-refractivity contribution in [1.82, 2.24) is 4.90 Å². The van der Waals surface area contributed by atoms with Crippen LogP contribution in [-0.2, 0) is 12.1 Å². The lowest BCUT2D eigenvalue weighted by atomic mass is 9.92. The van der Waals surface area contributed by atoms with Crippen LogP contribution in [0.25, 0.3) is 0 Å². The zero-order valence-electron chi connectivity index (χ0n) is 14.9. The largest absolute Gasteiger partial charge is 0.363 e. The average molecular weight is 334 g/mol. The molecule has 0 amide bonds. The highest BCUT2D eigenvalue weighted by atomic mass is 16.3. The topological polar surface area (TPSA) is 35.8 Å². The van der Waals surface area contributed by atoms with Crippen LogP contribution in [0.15, 0.2) is 53.5 Å². The smallest absolute Gasteiger partial charge is 0.193 e. The number of unbranched alkanes of at least 4 members (excludes halogenated alkanes) is 3. The van der Waals surface area contributed by atoms with E-state index in [2.05, 4.69) is 42.2 Å². The number of hydrogen-bond acceptors (Lipinski definition) is 3. The molecule has 2 aromatic carbocycles. The molecule has 3 nitrogen and oxygen atoms in total. The lowest BCUT2D eigenvalue weighted by Gasteiger charge is -2.34. The van der Waals surface area contributed by atoms with Gasteiger partial charge in [-0.25, -0.2) is 0 Å². The quantitative estimate of drug-likeness (QED) is 0.808. The lowest BCUT2D eigenvalue weighted by molar-refractivity contribution is -0.0242. The molecule has 2 aliphatic heterocycles. The van der Waals surface area contributed by atoms with Gasteiger partial charge in [0.05, 0.1) is 6.54 Å². The minimum absolute atomic E-state index is 0.751. The molecule has 0 saturated heterocycles. The molecule has 3 heteroatoms. The second kappa shape index (κ2) is 6.64. The number of benzene rings is 2. The van der Waals surface area contributed by atoms with E-state index in [-0.39, 0.29) is 0 Å². The third-order valence-corrected chi connectivity index (χ3v) is 5.45. The van der Waals surface area contributed by atoms with Gasteiger partial charge in [-0.1, -0.05) is 74.7 Å². The average Bonchev–Trinajstić information content (AvgIpc) is 3.23. The van der Waals surface area contributed by atoms with Crippen LogP contribution in [-0.4, -0.2) is 28.9 Å². The summed E-state index contributed by atoms with van der Waals surface area (Å²) in [6, 6.07) is 16.6. The first-order valence-corrected chi connectivity index (χ1v) is 9.49. The van der Waals surface area contributed by atoms with E-state index in [1.54, 1.807) is 0 Å². The molecule has 0 saturated carbocycles. The first kappa shape index (κ1) is 16.3. The molecule has 0 aromatic heterocycles. The van der Waals surface area contributed by atoms with Crippen molar-refractivity contribution < 1.29 is 5.11 Å². The van der Waals surface area contributed by atoms with E-state index in [1.165, 1.54) is 31.2 Å². The monoisotopic (exact) mass is 334 g/mol. The van der Waals surface area contributed by atoms with Crippen LogP contribution in [0.4, 0.5) is 0 Å². The van der Waals surface area contributed by atoms with Crippen LogP contribution >= 0.6 is 0 Å². The third-order valence-electron chi connectivity index (χ3n) is 5.45. The van der Waals surface area contributed by atoms with E-state index in [1.807, 2.05) is 23.1 Å². The van der Waals surface area contributed by atoms with Crippen LogP contribution in [0.2, 0.25) is 0 Å². The fourth-order valence-electron chi connectivity index (χ4n) is 4.09. The molecule has 130 valence electrons. The Balaban J connectivity index is 1.62. The summed E-state index contributed by atoms with van der Waals surface area (Å²) in [5.74, 6) is 0.932. The van der Waals surface area contributed by atoms with Gasteiger partial charge in [-0.2, -0.15) is 0 Å². The normalized spacial score (nSPS) is 21.2. The van der Waals surface area contributed by atoms with Gasteiger partial charge >= 0.3 is 0 Å². The highest BCUT2D eigenvalue weighted by Crippen LogP contribution is 2.43. The first-order chi connectivity index (χ1) is 12.2. The molecule has 0 bridgehead atoms. The molecule has 1 atom stereocenters. The van der Waals surface area contributed by atoms with E-state index in [9.17, 15) is 5.11 Å². The van der Waals surface area contributed by atoms with Gasteiger partial charge in [0.25, 0.3) is 0 Å². The highest BCUT2D eigenvalue weighted by molar-refractivity contribution is 6.05. The van der Waals surface area contributed by atoms with Crippen LogP contribution in [0.3, 0.4) is 0 Å². The summed E-state index contributed by atoms with van der Waals surface area (Å²) in [5.41, 5.74) is 3.21. The Morgan fingerprint density at radius 3 is 2.64 bits per heavy atom. The molecule has 0 radical (unpaired) electrons. The van der Waals surface area contributed by atoms with Gasteiger partial charge in [0.2, 0.25) is 0 Å². The van der Waals surface area contributed by atoms with E-state index in [0.29, 0.717) is 0 Å². The summed E-state index contributed by atoms with van der Waals surface area (Å²) in [6.07, 6.45) is 6.23. The molecule has 0 fully saturated rings. The van der Waals surface area contributed by atoms with Crippen LogP contribution in [0.5, 0.6) is 0 Å². The number of fused-ring (bicyclic) bond motifs is 3. The van der Waals surface area contributed by atoms with Crippen molar-refractivity contribution >= 4 is 5.84 Å². The summed E-state index contributed by atoms with van der Waals surface area (Å²) < 4.78 is 0. The van der Waals surface area contributed by atoms with E-state index in [0.717, 1.165) is 42.0 Å². The minimum Gasteiger partial charge on any atom is -0.363 e. The molecular weight excluding hydrogens is 308 g/mol. The summed E-state index contributed by atoms with van der Waals surface area (Å²) >= 11 is 0. The fraction of sp³-hybridized carbons (Fsp3) is 0.409. The van der Waals surface area contributed by atoms with Crippen molar-refractivity contribution in [2.24, 2.45) is 4.99 Å². The summed E-state index contributed by atoms with van der Waals surface area (Å²) in [7, 11) is 0. The SMILES string of the molecule is CCCCCCc1ccc(C2(O)c3ccccc3C3=NCCN32)cc1. The van der Waals surface area contributed by atoms with Gasteiger partial charge in [0, 0.05) is 23.2 Å². The van der Waals surface area contributed by atoms with Crippen molar-refractivity contribution in [3.8, 4) is 0 Å². The number of amidine groups is 1. The van der Waals surface area contributed by atoms with Crippen LogP contribution in [0, 0.1) is 0 Å². The Labute approximate surface area is 150 Å². The Hall–Kier alpha value is -2.13. The molecule has 1 unspecified atom stereocenters. The minimum atomic E-state index is -1.09. The number of rotatable bonds is 6. The molecule has 0 aliphatic carbocycles. The summed E-state index contributed by atoms with van der Waals surface area (Å²) in [4.78, 5) is 6.67. The van der Waals surface area contributed by atoms with Gasteiger partial charge in [0.15, 0.2) is 5.72 Å². The lowest BCUT2D eigenvalue weighted by Crippen LogP contribution is -2.43. The van der Waals surface area contributed by atoms with Crippen LogP contribution < -0.4 is 0 Å². The maximum atomic E-state index is 11.7. The zero-order valence-corrected chi connectivity index (χ0v) is 14.9. The number of nitrogens with zero attached hydrogens (tertiary/aromatic N) is 2. The van der Waals surface area contributed by atoms with Gasteiger partial charge < -0.3 is 10.0 Å². The second-order valence-corrected chi connectivity index (χ2v) is 7.08. The van der Waals surface area contributed by atoms with Crippen molar-refractivity contribution in [2.75, 3.05) is 13.1 Å². The molecule has 1 N–H and O–H groups in total. The Morgan fingerprint density at radius 2 is 1.84 bits per heavy atom. The zero-order chi connectivity index (χ0) is 17.3. The molecule has 2 aliphatic rings. The number of aliphatic hydroxyl groups is 1. The summed E-state index contributed by atoms with van der Waals surface area (Å²) in [6.45, 7) is 3.76. The molecule has 0 spiro atoms. The van der Waals surface area contributed by atoms with Crippen molar-refractivity contribution in [1.29, 1.82) is 0 Å². The predicted octanol–water partition coefficient (Wildman–Crippen LogP) is 4.08. The number of hydrogen-bond donors (Lipinski definition) is 1. The molecule has 2 heterocycles. The van der Waals surface area contributed by atoms with Crippen molar-refractivity contribution in [3.05, 3.63) is 70.8 Å². The van der Waals surface area contributed by atoms with E-state index < -0.39 is 5.72 Å². The Bertz CT molecular complexity index is 781. The fourth-order valence-corrected chi connectivity index (χ4v) is 4.09.